The first-order valence-electron chi connectivity index (χ1n) is 5.94. The molecule has 0 radical (unpaired) electrons. The van der Waals surface area contributed by atoms with Crippen molar-refractivity contribution in [2.45, 2.75) is 27.0 Å². The van der Waals surface area contributed by atoms with Crippen LogP contribution in [-0.4, -0.2) is 20.7 Å². The Hall–Kier alpha value is -1.89. The van der Waals surface area contributed by atoms with Crippen molar-refractivity contribution in [1.29, 1.82) is 0 Å². The van der Waals surface area contributed by atoms with Crippen molar-refractivity contribution in [2.75, 3.05) is 5.73 Å². The van der Waals surface area contributed by atoms with E-state index in [1.807, 2.05) is 0 Å². The lowest BCUT2D eigenvalue weighted by Crippen LogP contribution is -2.13. The molecule has 0 aliphatic carbocycles. The molecule has 6 nitrogen and oxygen atoms in total. The number of aromatic nitrogens is 3. The Bertz CT molecular complexity index is 562. The molecule has 0 atom stereocenters. The van der Waals surface area contributed by atoms with E-state index in [1.54, 1.807) is 16.1 Å². The highest BCUT2D eigenvalue weighted by atomic mass is 32.1. The standard InChI is InChI=1S/C12H16N4O2S/c1-8(2)5-16-10(14-7-15-16)6-18-12(17)11-9(13)3-4-19-11/h3-4,7-8H,5-6,13H2,1-2H3. The van der Waals surface area contributed by atoms with Gasteiger partial charge in [-0.05, 0) is 17.4 Å². The maximum atomic E-state index is 11.8. The molecule has 2 N–H and O–H groups in total. The van der Waals surface area contributed by atoms with Gasteiger partial charge in [-0.1, -0.05) is 13.8 Å². The van der Waals surface area contributed by atoms with Crippen LogP contribution in [0.25, 0.3) is 0 Å². The minimum atomic E-state index is -0.424. The summed E-state index contributed by atoms with van der Waals surface area (Å²) in [5.41, 5.74) is 6.11. The topological polar surface area (TPSA) is 83.0 Å². The van der Waals surface area contributed by atoms with E-state index in [2.05, 4.69) is 23.9 Å². The van der Waals surface area contributed by atoms with E-state index in [9.17, 15) is 4.79 Å². The van der Waals surface area contributed by atoms with E-state index < -0.39 is 5.97 Å². The van der Waals surface area contributed by atoms with E-state index in [0.29, 0.717) is 22.3 Å². The van der Waals surface area contributed by atoms with Gasteiger partial charge in [-0.2, -0.15) is 5.10 Å². The van der Waals surface area contributed by atoms with Crippen molar-refractivity contribution < 1.29 is 9.53 Å². The number of carbonyl (C=O) groups excluding carboxylic acids is 1. The largest absolute Gasteiger partial charge is 0.453 e. The Kier molecular flexibility index (Phi) is 4.16. The first kappa shape index (κ1) is 13.5. The molecule has 19 heavy (non-hydrogen) atoms. The fraction of sp³-hybridized carbons (Fsp3) is 0.417. The molecule has 0 amide bonds. The second-order valence-electron chi connectivity index (χ2n) is 4.53. The molecule has 2 aromatic heterocycles. The number of thiophene rings is 1. The Morgan fingerprint density at radius 1 is 1.58 bits per heavy atom. The molecule has 102 valence electrons. The van der Waals surface area contributed by atoms with E-state index in [1.165, 1.54) is 17.7 Å². The Morgan fingerprint density at radius 2 is 2.37 bits per heavy atom. The van der Waals surface area contributed by atoms with E-state index in [0.717, 1.165) is 6.54 Å². The van der Waals surface area contributed by atoms with Crippen LogP contribution in [0.1, 0.15) is 29.3 Å². The number of hydrogen-bond acceptors (Lipinski definition) is 6. The second-order valence-corrected chi connectivity index (χ2v) is 5.45. The van der Waals surface area contributed by atoms with Crippen molar-refractivity contribution in [2.24, 2.45) is 5.92 Å². The SMILES string of the molecule is CC(C)Cn1ncnc1COC(=O)c1sccc1N. The number of nitrogen functional groups attached to an aromatic ring is 1. The second kappa shape index (κ2) is 5.83. The number of anilines is 1. The Morgan fingerprint density at radius 3 is 3.00 bits per heavy atom. The summed E-state index contributed by atoms with van der Waals surface area (Å²) in [6.07, 6.45) is 1.46. The number of rotatable bonds is 5. The maximum absolute atomic E-state index is 11.8. The summed E-state index contributed by atoms with van der Waals surface area (Å²) in [7, 11) is 0. The molecule has 0 aromatic carbocycles. The third-order valence-electron chi connectivity index (χ3n) is 2.45. The van der Waals surface area contributed by atoms with Crippen LogP contribution in [0.15, 0.2) is 17.8 Å². The molecule has 2 heterocycles. The Balaban J connectivity index is 1.98. The van der Waals surface area contributed by atoms with Crippen LogP contribution in [-0.2, 0) is 17.9 Å². The molecular weight excluding hydrogens is 264 g/mol. The van der Waals surface area contributed by atoms with E-state index in [4.69, 9.17) is 10.5 Å². The van der Waals surface area contributed by atoms with Crippen LogP contribution in [0.2, 0.25) is 0 Å². The smallest absolute Gasteiger partial charge is 0.350 e. The predicted octanol–water partition coefficient (Wildman–Crippen LogP) is 1.93. The highest BCUT2D eigenvalue weighted by molar-refractivity contribution is 7.12. The third kappa shape index (κ3) is 3.31. The van der Waals surface area contributed by atoms with Gasteiger partial charge in [0, 0.05) is 6.54 Å². The molecule has 0 fully saturated rings. The van der Waals surface area contributed by atoms with Gasteiger partial charge >= 0.3 is 5.97 Å². The van der Waals surface area contributed by atoms with Gasteiger partial charge in [0.25, 0.3) is 0 Å². The summed E-state index contributed by atoms with van der Waals surface area (Å²) in [4.78, 5) is 16.3. The lowest BCUT2D eigenvalue weighted by Gasteiger charge is -2.08. The number of nitrogens with two attached hydrogens (primary N) is 1. The average Bonchev–Trinajstić information content (AvgIpc) is 2.94. The highest BCUT2D eigenvalue weighted by Crippen LogP contribution is 2.20. The van der Waals surface area contributed by atoms with Gasteiger partial charge in [-0.3, -0.25) is 0 Å². The van der Waals surface area contributed by atoms with Crippen LogP contribution < -0.4 is 5.73 Å². The zero-order chi connectivity index (χ0) is 13.8. The van der Waals surface area contributed by atoms with Gasteiger partial charge in [0.05, 0.1) is 5.69 Å². The quantitative estimate of drug-likeness (QED) is 0.846. The number of ether oxygens (including phenoxy) is 1. The first-order chi connectivity index (χ1) is 9.08. The van der Waals surface area contributed by atoms with Crippen LogP contribution >= 0.6 is 11.3 Å². The van der Waals surface area contributed by atoms with Gasteiger partial charge in [0.15, 0.2) is 12.4 Å². The van der Waals surface area contributed by atoms with E-state index >= 15 is 0 Å². The third-order valence-corrected chi connectivity index (χ3v) is 3.36. The lowest BCUT2D eigenvalue weighted by molar-refractivity contribution is 0.0463. The average molecular weight is 280 g/mol. The van der Waals surface area contributed by atoms with Gasteiger partial charge in [0.2, 0.25) is 0 Å². The van der Waals surface area contributed by atoms with Crippen LogP contribution in [0.4, 0.5) is 5.69 Å². The number of hydrogen-bond donors (Lipinski definition) is 1. The zero-order valence-corrected chi connectivity index (χ0v) is 11.7. The van der Waals surface area contributed by atoms with Crippen molar-refractivity contribution in [3.05, 3.63) is 28.5 Å². The fourth-order valence-electron chi connectivity index (χ4n) is 1.58. The van der Waals surface area contributed by atoms with Crippen LogP contribution in [0.3, 0.4) is 0 Å². The monoisotopic (exact) mass is 280 g/mol. The summed E-state index contributed by atoms with van der Waals surface area (Å²) in [6.45, 7) is 5.02. The van der Waals surface area contributed by atoms with E-state index in [-0.39, 0.29) is 6.61 Å². The fourth-order valence-corrected chi connectivity index (χ4v) is 2.29. The van der Waals surface area contributed by atoms with Gasteiger partial charge < -0.3 is 10.5 Å². The number of esters is 1. The van der Waals surface area contributed by atoms with Crippen molar-refractivity contribution in [1.82, 2.24) is 14.8 Å². The molecule has 0 aliphatic rings. The van der Waals surface area contributed by atoms with Crippen LogP contribution in [0.5, 0.6) is 0 Å². The number of carbonyl (C=O) groups is 1. The molecular formula is C12H16N4O2S. The molecule has 0 spiro atoms. The Labute approximate surface area is 115 Å². The van der Waals surface area contributed by atoms with Crippen LogP contribution in [0, 0.1) is 5.92 Å². The highest BCUT2D eigenvalue weighted by Gasteiger charge is 2.14. The predicted molar refractivity (Wildman–Crippen MR) is 72.7 cm³/mol. The molecule has 7 heteroatoms. The molecule has 0 unspecified atom stereocenters. The summed E-state index contributed by atoms with van der Waals surface area (Å²) in [5.74, 6) is 0.660. The zero-order valence-electron chi connectivity index (χ0n) is 10.9. The van der Waals surface area contributed by atoms with Crippen molar-refractivity contribution >= 4 is 23.0 Å². The van der Waals surface area contributed by atoms with Crippen molar-refractivity contribution in [3.8, 4) is 0 Å². The van der Waals surface area contributed by atoms with Gasteiger partial charge in [-0.15, -0.1) is 11.3 Å². The summed E-state index contributed by atoms with van der Waals surface area (Å²) >= 11 is 1.27. The summed E-state index contributed by atoms with van der Waals surface area (Å²) in [6, 6.07) is 1.68. The lowest BCUT2D eigenvalue weighted by atomic mass is 10.2. The normalized spacial score (nSPS) is 10.9. The molecule has 0 saturated carbocycles. The molecule has 2 aromatic rings. The van der Waals surface area contributed by atoms with Gasteiger partial charge in [0.1, 0.15) is 11.2 Å². The number of nitrogens with zero attached hydrogens (tertiary/aromatic N) is 3. The molecule has 0 aliphatic heterocycles. The van der Waals surface area contributed by atoms with Gasteiger partial charge in [-0.25, -0.2) is 14.5 Å². The molecule has 0 bridgehead atoms. The molecule has 2 rings (SSSR count). The minimum Gasteiger partial charge on any atom is -0.453 e. The molecule has 0 saturated heterocycles. The first-order valence-corrected chi connectivity index (χ1v) is 6.82. The summed E-state index contributed by atoms with van der Waals surface area (Å²) in [5, 5.41) is 5.86. The maximum Gasteiger partial charge on any atom is 0.350 e. The summed E-state index contributed by atoms with van der Waals surface area (Å²) < 4.78 is 6.95. The van der Waals surface area contributed by atoms with Crippen molar-refractivity contribution in [3.63, 3.8) is 0 Å². The minimum absolute atomic E-state index is 0.100.